The first-order chi connectivity index (χ1) is 9.96. The Morgan fingerprint density at radius 1 is 0.952 bits per heavy atom. The van der Waals surface area contributed by atoms with Gasteiger partial charge in [-0.3, -0.25) is 5.41 Å². The van der Waals surface area contributed by atoms with Crippen molar-refractivity contribution < 1.29 is 9.47 Å². The van der Waals surface area contributed by atoms with E-state index in [4.69, 9.17) is 14.9 Å². The summed E-state index contributed by atoms with van der Waals surface area (Å²) >= 11 is 0. The van der Waals surface area contributed by atoms with Crippen molar-refractivity contribution in [3.8, 4) is 11.5 Å². The minimum atomic E-state index is -0.390. The van der Waals surface area contributed by atoms with Crippen LogP contribution in [0.25, 0.3) is 0 Å². The SMILES string of the molecule is CC(C)(C)OC(=N)C1c2ccccc2Oc2ccccc21. The molecule has 0 aliphatic carbocycles. The zero-order chi connectivity index (χ0) is 15.0. The van der Waals surface area contributed by atoms with Gasteiger partial charge in [0.05, 0.1) is 5.92 Å². The summed E-state index contributed by atoms with van der Waals surface area (Å²) in [7, 11) is 0. The molecule has 0 saturated carbocycles. The molecule has 0 bridgehead atoms. The van der Waals surface area contributed by atoms with Crippen LogP contribution in [0.1, 0.15) is 37.8 Å². The molecule has 3 rings (SSSR count). The monoisotopic (exact) mass is 281 g/mol. The molecule has 1 aliphatic rings. The molecule has 3 heteroatoms. The molecule has 0 saturated heterocycles. The summed E-state index contributed by atoms with van der Waals surface area (Å²) < 4.78 is 11.8. The molecular weight excluding hydrogens is 262 g/mol. The molecule has 0 spiro atoms. The molecule has 0 fully saturated rings. The number of para-hydroxylation sites is 2. The van der Waals surface area contributed by atoms with Crippen LogP contribution in [-0.2, 0) is 4.74 Å². The molecule has 0 atom stereocenters. The van der Waals surface area contributed by atoms with Gasteiger partial charge in [0.15, 0.2) is 5.90 Å². The zero-order valence-electron chi connectivity index (χ0n) is 12.5. The summed E-state index contributed by atoms with van der Waals surface area (Å²) in [6, 6.07) is 15.7. The average molecular weight is 281 g/mol. The Hall–Kier alpha value is -2.29. The van der Waals surface area contributed by atoms with Crippen LogP contribution in [0.2, 0.25) is 0 Å². The van der Waals surface area contributed by atoms with Crippen LogP contribution in [-0.4, -0.2) is 11.5 Å². The summed E-state index contributed by atoms with van der Waals surface area (Å²) in [5.41, 5.74) is 1.56. The number of hydrogen-bond acceptors (Lipinski definition) is 3. The van der Waals surface area contributed by atoms with Gasteiger partial charge in [-0.25, -0.2) is 0 Å². The van der Waals surface area contributed by atoms with Crippen LogP contribution in [0.3, 0.4) is 0 Å². The van der Waals surface area contributed by atoms with Crippen molar-refractivity contribution in [1.29, 1.82) is 5.41 Å². The van der Waals surface area contributed by atoms with Crippen LogP contribution in [0, 0.1) is 5.41 Å². The Morgan fingerprint density at radius 3 is 1.90 bits per heavy atom. The van der Waals surface area contributed by atoms with E-state index >= 15 is 0 Å². The van der Waals surface area contributed by atoms with Crippen molar-refractivity contribution in [1.82, 2.24) is 0 Å². The summed E-state index contributed by atoms with van der Waals surface area (Å²) in [5.74, 6) is 1.63. The van der Waals surface area contributed by atoms with Crippen LogP contribution in [0.5, 0.6) is 11.5 Å². The van der Waals surface area contributed by atoms with Gasteiger partial charge in [0.1, 0.15) is 17.1 Å². The van der Waals surface area contributed by atoms with Gasteiger partial charge in [0.25, 0.3) is 0 Å². The van der Waals surface area contributed by atoms with Crippen molar-refractivity contribution in [2.45, 2.75) is 32.3 Å². The number of nitrogens with one attached hydrogen (secondary N) is 1. The highest BCUT2D eigenvalue weighted by Gasteiger charge is 2.32. The molecule has 2 aromatic carbocycles. The fourth-order valence-corrected chi connectivity index (χ4v) is 2.58. The van der Waals surface area contributed by atoms with E-state index in [9.17, 15) is 0 Å². The van der Waals surface area contributed by atoms with Crippen LogP contribution in [0.15, 0.2) is 48.5 Å². The number of fused-ring (bicyclic) bond motifs is 2. The molecular formula is C18H19NO2. The summed E-state index contributed by atoms with van der Waals surface area (Å²) in [5, 5.41) is 8.42. The highest BCUT2D eigenvalue weighted by atomic mass is 16.5. The van der Waals surface area contributed by atoms with E-state index in [0.717, 1.165) is 22.6 Å². The van der Waals surface area contributed by atoms with E-state index < -0.39 is 0 Å². The highest BCUT2D eigenvalue weighted by molar-refractivity contribution is 5.87. The first kappa shape index (κ1) is 13.7. The minimum absolute atomic E-state index is 0.217. The Labute approximate surface area is 125 Å². The van der Waals surface area contributed by atoms with Gasteiger partial charge in [-0.15, -0.1) is 0 Å². The quantitative estimate of drug-likeness (QED) is 0.607. The van der Waals surface area contributed by atoms with Crippen molar-refractivity contribution in [2.24, 2.45) is 0 Å². The van der Waals surface area contributed by atoms with E-state index in [0.29, 0.717) is 0 Å². The first-order valence-corrected chi connectivity index (χ1v) is 7.09. The number of ether oxygens (including phenoxy) is 2. The van der Waals surface area contributed by atoms with Crippen LogP contribution >= 0.6 is 0 Å². The second-order valence-electron chi connectivity index (χ2n) is 6.19. The third kappa shape index (κ3) is 2.64. The molecule has 0 radical (unpaired) electrons. The predicted octanol–water partition coefficient (Wildman–Crippen LogP) is 4.72. The Morgan fingerprint density at radius 2 is 1.43 bits per heavy atom. The molecule has 0 amide bonds. The molecule has 1 aliphatic heterocycles. The smallest absolute Gasteiger partial charge is 0.193 e. The van der Waals surface area contributed by atoms with Gasteiger partial charge < -0.3 is 9.47 Å². The number of benzene rings is 2. The maximum Gasteiger partial charge on any atom is 0.193 e. The average Bonchev–Trinajstić information content (AvgIpc) is 2.42. The molecule has 3 nitrogen and oxygen atoms in total. The molecule has 2 aromatic rings. The van der Waals surface area contributed by atoms with E-state index in [1.165, 1.54) is 0 Å². The van der Waals surface area contributed by atoms with Crippen molar-refractivity contribution in [3.05, 3.63) is 59.7 Å². The second-order valence-corrected chi connectivity index (χ2v) is 6.19. The third-order valence-corrected chi connectivity index (χ3v) is 3.36. The lowest BCUT2D eigenvalue weighted by atomic mass is 9.87. The van der Waals surface area contributed by atoms with Gasteiger partial charge in [0.2, 0.25) is 0 Å². The lowest BCUT2D eigenvalue weighted by molar-refractivity contribution is 0.109. The third-order valence-electron chi connectivity index (χ3n) is 3.36. The minimum Gasteiger partial charge on any atom is -0.475 e. The van der Waals surface area contributed by atoms with Gasteiger partial charge in [0, 0.05) is 11.1 Å². The summed E-state index contributed by atoms with van der Waals surface area (Å²) in [6.07, 6.45) is 0. The Bertz CT molecular complexity index is 640. The fraction of sp³-hybridized carbons (Fsp3) is 0.278. The predicted molar refractivity (Wildman–Crippen MR) is 83.4 cm³/mol. The molecule has 1 heterocycles. The summed E-state index contributed by atoms with van der Waals surface area (Å²) in [6.45, 7) is 5.87. The molecule has 0 aromatic heterocycles. The van der Waals surface area contributed by atoms with E-state index in [1.807, 2.05) is 69.3 Å². The zero-order valence-corrected chi connectivity index (χ0v) is 12.5. The number of hydrogen-bond donors (Lipinski definition) is 1. The largest absolute Gasteiger partial charge is 0.475 e. The molecule has 1 N–H and O–H groups in total. The van der Waals surface area contributed by atoms with Crippen molar-refractivity contribution >= 4 is 5.90 Å². The van der Waals surface area contributed by atoms with Gasteiger partial charge >= 0.3 is 0 Å². The van der Waals surface area contributed by atoms with Gasteiger partial charge in [-0.2, -0.15) is 0 Å². The second kappa shape index (κ2) is 4.92. The maximum absolute atomic E-state index is 8.42. The fourth-order valence-electron chi connectivity index (χ4n) is 2.58. The Balaban J connectivity index is 2.09. The molecule has 21 heavy (non-hydrogen) atoms. The van der Waals surface area contributed by atoms with Crippen LogP contribution in [0.4, 0.5) is 0 Å². The van der Waals surface area contributed by atoms with Gasteiger partial charge in [-0.1, -0.05) is 36.4 Å². The molecule has 108 valence electrons. The van der Waals surface area contributed by atoms with Crippen molar-refractivity contribution in [3.63, 3.8) is 0 Å². The Kier molecular flexibility index (Phi) is 3.20. The van der Waals surface area contributed by atoms with Gasteiger partial charge in [-0.05, 0) is 32.9 Å². The van der Waals surface area contributed by atoms with Crippen molar-refractivity contribution in [2.75, 3.05) is 0 Å². The summed E-state index contributed by atoms with van der Waals surface area (Å²) in [4.78, 5) is 0. The standard InChI is InChI=1S/C18H19NO2/c1-18(2,3)21-17(19)16-12-8-4-6-10-14(12)20-15-11-7-5-9-13(15)16/h4-11,16,19H,1-3H3. The van der Waals surface area contributed by atoms with Crippen LogP contribution < -0.4 is 4.74 Å². The molecule has 0 unspecified atom stereocenters. The lowest BCUT2D eigenvalue weighted by Gasteiger charge is -2.31. The van der Waals surface area contributed by atoms with E-state index in [2.05, 4.69) is 0 Å². The topological polar surface area (TPSA) is 42.3 Å². The maximum atomic E-state index is 8.42. The highest BCUT2D eigenvalue weighted by Crippen LogP contribution is 2.44. The lowest BCUT2D eigenvalue weighted by Crippen LogP contribution is -2.29. The number of rotatable bonds is 1. The van der Waals surface area contributed by atoms with E-state index in [-0.39, 0.29) is 17.4 Å². The first-order valence-electron chi connectivity index (χ1n) is 7.09. The normalized spacial score (nSPS) is 13.9. The van der Waals surface area contributed by atoms with E-state index in [1.54, 1.807) is 0 Å².